The summed E-state index contributed by atoms with van der Waals surface area (Å²) in [5.74, 6) is -0.593. The second-order valence-electron chi connectivity index (χ2n) is 8.99. The third kappa shape index (κ3) is 6.24. The van der Waals surface area contributed by atoms with Crippen LogP contribution in [0, 0.1) is 6.92 Å². The molecule has 9 heteroatoms. The zero-order valence-corrected chi connectivity index (χ0v) is 21.4. The number of aromatic nitrogens is 2. The predicted molar refractivity (Wildman–Crippen MR) is 147 cm³/mol. The molecule has 2 N–H and O–H groups in total. The Labute approximate surface area is 219 Å². The molecule has 196 valence electrons. The van der Waals surface area contributed by atoms with Crippen LogP contribution in [0.15, 0.2) is 82.4 Å². The molecule has 0 unspecified atom stereocenters. The van der Waals surface area contributed by atoms with Crippen molar-refractivity contribution in [3.8, 4) is 0 Å². The van der Waals surface area contributed by atoms with Crippen molar-refractivity contribution >= 4 is 28.4 Å². The number of fused-ring (bicyclic) bond motifs is 1. The van der Waals surface area contributed by atoms with E-state index in [9.17, 15) is 19.2 Å². The Kier molecular flexibility index (Phi) is 8.50. The van der Waals surface area contributed by atoms with Gasteiger partial charge in [-0.2, -0.15) is 0 Å². The van der Waals surface area contributed by atoms with Crippen LogP contribution >= 0.6 is 0 Å². The molecule has 2 amide bonds. The number of benzene rings is 3. The molecule has 0 aliphatic carbocycles. The summed E-state index contributed by atoms with van der Waals surface area (Å²) in [6.45, 7) is 2.75. The van der Waals surface area contributed by atoms with E-state index in [1.165, 1.54) is 4.57 Å². The van der Waals surface area contributed by atoms with Gasteiger partial charge in [0.2, 0.25) is 5.91 Å². The van der Waals surface area contributed by atoms with E-state index < -0.39 is 11.2 Å². The highest BCUT2D eigenvalue weighted by molar-refractivity contribution is 5.94. The summed E-state index contributed by atoms with van der Waals surface area (Å²) in [5.41, 5.74) is 2.18. The predicted octanol–water partition coefficient (Wildman–Crippen LogP) is 2.92. The molecular formula is C29H30N4O5. The van der Waals surface area contributed by atoms with E-state index >= 15 is 0 Å². The van der Waals surface area contributed by atoms with Gasteiger partial charge in [-0.3, -0.25) is 23.5 Å². The average molecular weight is 515 g/mol. The lowest BCUT2D eigenvalue weighted by molar-refractivity contribution is -0.116. The summed E-state index contributed by atoms with van der Waals surface area (Å²) in [7, 11) is 1.61. The minimum absolute atomic E-state index is 0.00216. The molecule has 9 nitrogen and oxygen atoms in total. The highest BCUT2D eigenvalue weighted by atomic mass is 16.5. The Balaban J connectivity index is 1.58. The molecular weight excluding hydrogens is 484 g/mol. The Bertz CT molecular complexity index is 1550. The summed E-state index contributed by atoms with van der Waals surface area (Å²) >= 11 is 0. The average Bonchev–Trinajstić information content (AvgIpc) is 2.93. The van der Waals surface area contributed by atoms with Gasteiger partial charge in [0.1, 0.15) is 6.54 Å². The van der Waals surface area contributed by atoms with Crippen LogP contribution in [0.1, 0.15) is 27.9 Å². The van der Waals surface area contributed by atoms with Gasteiger partial charge in [0.05, 0.1) is 17.4 Å². The fourth-order valence-electron chi connectivity index (χ4n) is 4.11. The van der Waals surface area contributed by atoms with Crippen LogP contribution in [0.4, 0.5) is 5.69 Å². The number of hydrogen-bond donors (Lipinski definition) is 2. The maximum absolute atomic E-state index is 13.5. The van der Waals surface area contributed by atoms with Gasteiger partial charge in [-0.1, -0.05) is 42.0 Å². The first-order chi connectivity index (χ1) is 18.4. The number of anilines is 1. The van der Waals surface area contributed by atoms with Crippen molar-refractivity contribution in [2.45, 2.75) is 26.4 Å². The monoisotopic (exact) mass is 514 g/mol. The normalized spacial score (nSPS) is 10.9. The molecule has 0 bridgehead atoms. The van der Waals surface area contributed by atoms with E-state index in [2.05, 4.69) is 10.6 Å². The van der Waals surface area contributed by atoms with Gasteiger partial charge in [-0.25, -0.2) is 4.79 Å². The van der Waals surface area contributed by atoms with Crippen molar-refractivity contribution in [1.82, 2.24) is 14.5 Å². The third-order valence-electron chi connectivity index (χ3n) is 6.14. The lowest BCUT2D eigenvalue weighted by atomic mass is 10.1. The van der Waals surface area contributed by atoms with Crippen LogP contribution in [-0.4, -0.2) is 41.2 Å². The quantitative estimate of drug-likeness (QED) is 0.316. The van der Waals surface area contributed by atoms with E-state index in [-0.39, 0.29) is 24.9 Å². The van der Waals surface area contributed by atoms with Gasteiger partial charge in [-0.15, -0.1) is 0 Å². The smallest absolute Gasteiger partial charge is 0.332 e. The molecule has 0 saturated carbocycles. The molecule has 0 radical (unpaired) electrons. The number of rotatable bonds is 10. The summed E-state index contributed by atoms with van der Waals surface area (Å²) < 4.78 is 7.40. The second-order valence-corrected chi connectivity index (χ2v) is 8.99. The number of hydrogen-bond acceptors (Lipinski definition) is 5. The lowest BCUT2D eigenvalue weighted by Crippen LogP contribution is -2.42. The molecule has 4 rings (SSSR count). The number of carbonyl (C=O) groups excluding carboxylic acids is 2. The number of ether oxygens (including phenoxy) is 1. The maximum Gasteiger partial charge on any atom is 0.332 e. The summed E-state index contributed by atoms with van der Waals surface area (Å²) in [5, 5.41) is 5.96. The highest BCUT2D eigenvalue weighted by Gasteiger charge is 2.16. The molecule has 0 atom stereocenters. The second kappa shape index (κ2) is 12.2. The third-order valence-corrected chi connectivity index (χ3v) is 6.14. The zero-order chi connectivity index (χ0) is 27.1. The summed E-state index contributed by atoms with van der Waals surface area (Å²) in [6.07, 6.45) is 0.709. The van der Waals surface area contributed by atoms with Gasteiger partial charge >= 0.3 is 5.69 Å². The summed E-state index contributed by atoms with van der Waals surface area (Å²) in [4.78, 5) is 51.9. The van der Waals surface area contributed by atoms with Crippen LogP contribution in [0.3, 0.4) is 0 Å². The Morgan fingerprint density at radius 2 is 1.61 bits per heavy atom. The molecule has 0 saturated heterocycles. The van der Waals surface area contributed by atoms with Crippen molar-refractivity contribution in [2.75, 3.05) is 25.6 Å². The van der Waals surface area contributed by atoms with Crippen molar-refractivity contribution in [2.24, 2.45) is 0 Å². The molecule has 3 aromatic carbocycles. The molecule has 0 aliphatic rings. The van der Waals surface area contributed by atoms with Crippen LogP contribution in [0.25, 0.3) is 10.9 Å². The largest absolute Gasteiger partial charge is 0.385 e. The standard InChI is InChI=1S/C29H30N4O5/c1-20-8-14-23(15-9-20)31-26(34)19-32-25-7-4-3-6-24(25)28(36)33(29(32)37)18-21-10-12-22(13-11-21)27(35)30-16-5-17-38-2/h3-4,6-15H,5,16-19H2,1-2H3,(H,30,35)(H,31,34). The van der Waals surface area contributed by atoms with Gasteiger partial charge in [0.15, 0.2) is 0 Å². The molecule has 38 heavy (non-hydrogen) atoms. The Morgan fingerprint density at radius 3 is 2.32 bits per heavy atom. The highest BCUT2D eigenvalue weighted by Crippen LogP contribution is 2.12. The maximum atomic E-state index is 13.5. The van der Waals surface area contributed by atoms with E-state index in [0.29, 0.717) is 47.3 Å². The molecule has 4 aromatic rings. The van der Waals surface area contributed by atoms with Gasteiger partial charge in [0, 0.05) is 31.5 Å². The van der Waals surface area contributed by atoms with E-state index in [1.807, 2.05) is 19.1 Å². The molecule has 1 heterocycles. The van der Waals surface area contributed by atoms with Crippen LogP contribution in [-0.2, 0) is 22.6 Å². The van der Waals surface area contributed by atoms with Crippen LogP contribution < -0.4 is 21.9 Å². The zero-order valence-electron chi connectivity index (χ0n) is 21.4. The first-order valence-electron chi connectivity index (χ1n) is 12.3. The van der Waals surface area contributed by atoms with Crippen molar-refractivity contribution < 1.29 is 14.3 Å². The van der Waals surface area contributed by atoms with Crippen LogP contribution in [0.2, 0.25) is 0 Å². The van der Waals surface area contributed by atoms with Crippen LogP contribution in [0.5, 0.6) is 0 Å². The lowest BCUT2D eigenvalue weighted by Gasteiger charge is -2.14. The Hall–Kier alpha value is -4.50. The Morgan fingerprint density at radius 1 is 0.895 bits per heavy atom. The first-order valence-corrected chi connectivity index (χ1v) is 12.3. The number of nitrogens with one attached hydrogen (secondary N) is 2. The molecule has 0 spiro atoms. The molecule has 0 fully saturated rings. The minimum Gasteiger partial charge on any atom is -0.385 e. The SMILES string of the molecule is COCCCNC(=O)c1ccc(Cn2c(=O)c3ccccc3n(CC(=O)Nc3ccc(C)cc3)c2=O)cc1. The number of aryl methyl sites for hydroxylation is 1. The fourth-order valence-corrected chi connectivity index (χ4v) is 4.11. The number of para-hydroxylation sites is 1. The number of carbonyl (C=O) groups is 2. The minimum atomic E-state index is -0.590. The number of methoxy groups -OCH3 is 1. The number of nitrogens with zero attached hydrogens (tertiary/aromatic N) is 2. The molecule has 1 aromatic heterocycles. The van der Waals surface area contributed by atoms with Gasteiger partial charge in [-0.05, 0) is 55.3 Å². The van der Waals surface area contributed by atoms with Gasteiger partial charge in [0.25, 0.3) is 11.5 Å². The first kappa shape index (κ1) is 26.6. The fraction of sp³-hybridized carbons (Fsp3) is 0.241. The van der Waals surface area contributed by atoms with E-state index in [0.717, 1.165) is 10.1 Å². The van der Waals surface area contributed by atoms with Crippen molar-refractivity contribution in [3.63, 3.8) is 0 Å². The summed E-state index contributed by atoms with van der Waals surface area (Å²) in [6, 6.07) is 20.8. The topological polar surface area (TPSA) is 111 Å². The van der Waals surface area contributed by atoms with E-state index in [4.69, 9.17) is 4.74 Å². The van der Waals surface area contributed by atoms with Gasteiger partial charge < -0.3 is 15.4 Å². The number of amides is 2. The van der Waals surface area contributed by atoms with Crippen molar-refractivity contribution in [3.05, 3.63) is 110 Å². The van der Waals surface area contributed by atoms with E-state index in [1.54, 1.807) is 67.8 Å². The molecule has 0 aliphatic heterocycles. The van der Waals surface area contributed by atoms with Crippen molar-refractivity contribution in [1.29, 1.82) is 0 Å².